The first-order valence-electron chi connectivity index (χ1n) is 8.21. The van der Waals surface area contributed by atoms with Gasteiger partial charge in [0.2, 0.25) is 0 Å². The van der Waals surface area contributed by atoms with Gasteiger partial charge >= 0.3 is 0 Å². The summed E-state index contributed by atoms with van der Waals surface area (Å²) in [6.45, 7) is 1.44. The SMILES string of the molecule is COCCC1(CNC(=O)c2ccc3cccnc3n2)CCCC1. The van der Waals surface area contributed by atoms with Gasteiger partial charge in [-0.25, -0.2) is 9.97 Å². The van der Waals surface area contributed by atoms with Gasteiger partial charge in [0.1, 0.15) is 5.69 Å². The van der Waals surface area contributed by atoms with E-state index in [0.29, 0.717) is 17.9 Å². The summed E-state index contributed by atoms with van der Waals surface area (Å²) in [6.07, 6.45) is 7.47. The monoisotopic (exact) mass is 313 g/mol. The number of hydrogen-bond acceptors (Lipinski definition) is 4. The summed E-state index contributed by atoms with van der Waals surface area (Å²) in [6, 6.07) is 7.45. The number of nitrogens with one attached hydrogen (secondary N) is 1. The summed E-state index contributed by atoms with van der Waals surface area (Å²) >= 11 is 0. The average Bonchev–Trinajstić information content (AvgIpc) is 3.07. The van der Waals surface area contributed by atoms with Crippen molar-refractivity contribution in [2.45, 2.75) is 32.1 Å². The highest BCUT2D eigenvalue weighted by Crippen LogP contribution is 2.40. The van der Waals surface area contributed by atoms with Crippen molar-refractivity contribution in [3.05, 3.63) is 36.2 Å². The molecule has 5 heteroatoms. The van der Waals surface area contributed by atoms with E-state index in [1.54, 1.807) is 19.4 Å². The van der Waals surface area contributed by atoms with E-state index in [4.69, 9.17) is 4.74 Å². The van der Waals surface area contributed by atoms with Crippen LogP contribution >= 0.6 is 0 Å². The zero-order valence-electron chi connectivity index (χ0n) is 13.5. The van der Waals surface area contributed by atoms with Crippen LogP contribution in [0.1, 0.15) is 42.6 Å². The lowest BCUT2D eigenvalue weighted by Crippen LogP contribution is -2.37. The second-order valence-corrected chi connectivity index (χ2v) is 6.38. The van der Waals surface area contributed by atoms with Gasteiger partial charge in [0.25, 0.3) is 5.91 Å². The van der Waals surface area contributed by atoms with Crippen LogP contribution in [0.15, 0.2) is 30.5 Å². The normalized spacial score (nSPS) is 16.6. The van der Waals surface area contributed by atoms with Gasteiger partial charge in [-0.05, 0) is 48.9 Å². The number of methoxy groups -OCH3 is 1. The van der Waals surface area contributed by atoms with E-state index >= 15 is 0 Å². The maximum atomic E-state index is 12.4. The molecule has 23 heavy (non-hydrogen) atoms. The van der Waals surface area contributed by atoms with Crippen LogP contribution in [0.5, 0.6) is 0 Å². The molecule has 1 N–H and O–H groups in total. The minimum atomic E-state index is -0.124. The molecule has 0 radical (unpaired) electrons. The number of amides is 1. The number of aromatic nitrogens is 2. The number of carbonyl (C=O) groups excluding carboxylic acids is 1. The lowest BCUT2D eigenvalue weighted by Gasteiger charge is -2.29. The molecule has 2 aromatic rings. The minimum absolute atomic E-state index is 0.124. The first kappa shape index (κ1) is 15.9. The predicted octanol–water partition coefficient (Wildman–Crippen LogP) is 2.96. The number of carbonyl (C=O) groups is 1. The molecule has 2 heterocycles. The lowest BCUT2D eigenvalue weighted by molar-refractivity contribution is 0.0899. The third-order valence-corrected chi connectivity index (χ3v) is 4.82. The van der Waals surface area contributed by atoms with Crippen LogP contribution in [-0.2, 0) is 4.74 Å². The molecule has 0 saturated heterocycles. The molecule has 5 nitrogen and oxygen atoms in total. The minimum Gasteiger partial charge on any atom is -0.385 e. The molecule has 0 aromatic carbocycles. The number of hydrogen-bond donors (Lipinski definition) is 1. The Morgan fingerprint density at radius 2 is 2.13 bits per heavy atom. The molecule has 1 fully saturated rings. The van der Waals surface area contributed by atoms with Crippen molar-refractivity contribution in [1.29, 1.82) is 0 Å². The number of pyridine rings is 2. The summed E-state index contributed by atoms with van der Waals surface area (Å²) in [5.41, 5.74) is 1.21. The van der Waals surface area contributed by atoms with Gasteiger partial charge in [-0.3, -0.25) is 4.79 Å². The third-order valence-electron chi connectivity index (χ3n) is 4.82. The van der Waals surface area contributed by atoms with Gasteiger partial charge < -0.3 is 10.1 Å². The Hall–Kier alpha value is -2.01. The zero-order valence-corrected chi connectivity index (χ0v) is 13.5. The fraction of sp³-hybridized carbons (Fsp3) is 0.500. The number of fused-ring (bicyclic) bond motifs is 1. The molecule has 1 aliphatic rings. The standard InChI is InChI=1S/C18H23N3O2/c1-23-12-10-18(8-2-3-9-18)13-20-17(22)15-7-6-14-5-4-11-19-16(14)21-15/h4-7,11H,2-3,8-10,12-13H2,1H3,(H,20,22). The van der Waals surface area contributed by atoms with Crippen molar-refractivity contribution in [3.8, 4) is 0 Å². The summed E-state index contributed by atoms with van der Waals surface area (Å²) in [4.78, 5) is 21.0. The average molecular weight is 313 g/mol. The second kappa shape index (κ2) is 7.04. The quantitative estimate of drug-likeness (QED) is 0.890. The van der Waals surface area contributed by atoms with Crippen LogP contribution in [0.2, 0.25) is 0 Å². The molecule has 122 valence electrons. The second-order valence-electron chi connectivity index (χ2n) is 6.38. The summed E-state index contributed by atoms with van der Waals surface area (Å²) in [5.74, 6) is -0.124. The molecular weight excluding hydrogens is 290 g/mol. The van der Waals surface area contributed by atoms with Crippen LogP contribution in [0.4, 0.5) is 0 Å². The largest absolute Gasteiger partial charge is 0.385 e. The Bertz CT molecular complexity index is 681. The topological polar surface area (TPSA) is 64.1 Å². The van der Waals surface area contributed by atoms with Gasteiger partial charge in [-0.2, -0.15) is 0 Å². The highest BCUT2D eigenvalue weighted by Gasteiger charge is 2.33. The van der Waals surface area contributed by atoms with Crippen molar-refractivity contribution >= 4 is 16.9 Å². The lowest BCUT2D eigenvalue weighted by atomic mass is 9.83. The van der Waals surface area contributed by atoms with Gasteiger partial charge in [0.05, 0.1) is 0 Å². The molecule has 0 unspecified atom stereocenters. The van der Waals surface area contributed by atoms with E-state index in [1.807, 2.05) is 18.2 Å². The molecule has 0 bridgehead atoms. The maximum absolute atomic E-state index is 12.4. The Balaban J connectivity index is 1.67. The predicted molar refractivity (Wildman–Crippen MR) is 89.3 cm³/mol. The van der Waals surface area contributed by atoms with Crippen molar-refractivity contribution < 1.29 is 9.53 Å². The highest BCUT2D eigenvalue weighted by molar-refractivity contribution is 5.94. The van der Waals surface area contributed by atoms with E-state index in [0.717, 1.165) is 31.3 Å². The van der Waals surface area contributed by atoms with Crippen LogP contribution < -0.4 is 5.32 Å². The van der Waals surface area contributed by atoms with Crippen LogP contribution in [0.25, 0.3) is 11.0 Å². The van der Waals surface area contributed by atoms with Crippen molar-refractivity contribution in [2.24, 2.45) is 5.41 Å². The molecule has 1 saturated carbocycles. The molecule has 1 amide bonds. The summed E-state index contributed by atoms with van der Waals surface area (Å²) in [5, 5.41) is 4.01. The van der Waals surface area contributed by atoms with Crippen LogP contribution in [-0.4, -0.2) is 36.1 Å². The molecular formula is C18H23N3O2. The number of nitrogens with zero attached hydrogens (tertiary/aromatic N) is 2. The van der Waals surface area contributed by atoms with E-state index in [1.165, 1.54) is 12.8 Å². The zero-order chi connectivity index (χ0) is 16.1. The van der Waals surface area contributed by atoms with Gasteiger partial charge in [0.15, 0.2) is 5.65 Å². The van der Waals surface area contributed by atoms with E-state index in [-0.39, 0.29) is 11.3 Å². The number of ether oxygens (including phenoxy) is 1. The van der Waals surface area contributed by atoms with Crippen molar-refractivity contribution in [2.75, 3.05) is 20.3 Å². The van der Waals surface area contributed by atoms with Crippen LogP contribution in [0.3, 0.4) is 0 Å². The van der Waals surface area contributed by atoms with Crippen molar-refractivity contribution in [3.63, 3.8) is 0 Å². The Kier molecular flexibility index (Phi) is 4.86. The van der Waals surface area contributed by atoms with Crippen LogP contribution in [0, 0.1) is 5.41 Å². The fourth-order valence-electron chi connectivity index (χ4n) is 3.40. The summed E-state index contributed by atoms with van der Waals surface area (Å²) < 4.78 is 5.24. The first-order chi connectivity index (χ1) is 11.2. The van der Waals surface area contributed by atoms with Crippen molar-refractivity contribution in [1.82, 2.24) is 15.3 Å². The molecule has 0 atom stereocenters. The van der Waals surface area contributed by atoms with E-state index in [2.05, 4.69) is 15.3 Å². The third kappa shape index (κ3) is 3.67. The van der Waals surface area contributed by atoms with Gasteiger partial charge in [-0.15, -0.1) is 0 Å². The molecule has 0 aliphatic heterocycles. The molecule has 3 rings (SSSR count). The molecule has 1 aliphatic carbocycles. The Morgan fingerprint density at radius 1 is 1.30 bits per heavy atom. The fourth-order valence-corrected chi connectivity index (χ4v) is 3.40. The first-order valence-corrected chi connectivity index (χ1v) is 8.21. The molecule has 2 aromatic heterocycles. The molecule has 0 spiro atoms. The smallest absolute Gasteiger partial charge is 0.269 e. The number of rotatable bonds is 6. The highest BCUT2D eigenvalue weighted by atomic mass is 16.5. The van der Waals surface area contributed by atoms with Gasteiger partial charge in [0, 0.05) is 31.8 Å². The Morgan fingerprint density at radius 3 is 2.91 bits per heavy atom. The summed E-state index contributed by atoms with van der Waals surface area (Å²) in [7, 11) is 1.73. The Labute approximate surface area is 136 Å². The van der Waals surface area contributed by atoms with Gasteiger partial charge in [-0.1, -0.05) is 12.8 Å². The maximum Gasteiger partial charge on any atom is 0.269 e. The van der Waals surface area contributed by atoms with E-state index < -0.39 is 0 Å². The van der Waals surface area contributed by atoms with E-state index in [9.17, 15) is 4.79 Å².